The van der Waals surface area contributed by atoms with E-state index in [2.05, 4.69) is 20.6 Å². The lowest BCUT2D eigenvalue weighted by Gasteiger charge is -2.41. The second-order valence-corrected chi connectivity index (χ2v) is 17.2. The molecule has 6 heterocycles. The molecular formula is C42H39F11N6O4. The van der Waals surface area contributed by atoms with E-state index in [1.54, 1.807) is 32.9 Å². The highest BCUT2D eigenvalue weighted by Gasteiger charge is 2.86. The van der Waals surface area contributed by atoms with Crippen molar-refractivity contribution < 1.29 is 67.3 Å². The molecule has 0 saturated carbocycles. The number of hydrogen-bond acceptors (Lipinski definition) is 9. The number of pyridine rings is 1. The molecule has 3 atom stereocenters. The average molecular weight is 901 g/mol. The van der Waals surface area contributed by atoms with E-state index in [1.807, 2.05) is 4.90 Å². The molecule has 3 fully saturated rings. The van der Waals surface area contributed by atoms with Crippen LogP contribution in [-0.4, -0.2) is 118 Å². The lowest BCUT2D eigenvalue weighted by atomic mass is 9.93. The molecule has 3 saturated heterocycles. The van der Waals surface area contributed by atoms with Crippen molar-refractivity contribution in [1.29, 1.82) is 0 Å². The fourth-order valence-corrected chi connectivity index (χ4v) is 9.38. The predicted molar refractivity (Wildman–Crippen MR) is 205 cm³/mol. The summed E-state index contributed by atoms with van der Waals surface area (Å²) in [4.78, 5) is 31.8. The number of terminal acetylenes is 1. The fraction of sp³-hybridized carbons (Fsp3) is 0.524. The molecule has 4 aliphatic rings. The maximum absolute atomic E-state index is 17.3. The smallest absolute Gasteiger partial charge is 0.435 e. The van der Waals surface area contributed by atoms with Crippen LogP contribution in [0.2, 0.25) is 0 Å². The van der Waals surface area contributed by atoms with Gasteiger partial charge in [0.25, 0.3) is 0 Å². The first-order valence-electron chi connectivity index (χ1n) is 20.0. The highest BCUT2D eigenvalue weighted by atomic mass is 19.4. The highest BCUT2D eigenvalue weighted by molar-refractivity contribution is 6.03. The minimum Gasteiger partial charge on any atom is -0.461 e. The minimum atomic E-state index is -6.91. The third-order valence-corrected chi connectivity index (χ3v) is 12.1. The Morgan fingerprint density at radius 1 is 0.905 bits per heavy atom. The molecular weight excluding hydrogens is 861 g/mol. The number of amides is 1. The molecule has 63 heavy (non-hydrogen) atoms. The number of halogens is 11. The van der Waals surface area contributed by atoms with Gasteiger partial charge in [0.2, 0.25) is 0 Å². The maximum atomic E-state index is 17.3. The first kappa shape index (κ1) is 44.4. The number of rotatable bonds is 6. The SMILES string of the molecule is C#Cc1c(F)ccc2cccc(-c3nc4c5c(nc(OCC67CCCN6CC(OC(C(F)(F)F)(C(F)(F)F)C(F)(F)F)C7)nc5c3F)N3CCN(C(=O)OC(C)(C)C)C[C@H]3CC4)c12. The maximum Gasteiger partial charge on any atom is 0.435 e. The van der Waals surface area contributed by atoms with Crippen LogP contribution in [0, 0.1) is 24.0 Å². The van der Waals surface area contributed by atoms with Crippen molar-refractivity contribution in [2.75, 3.05) is 44.2 Å². The van der Waals surface area contributed by atoms with E-state index in [4.69, 9.17) is 20.9 Å². The molecule has 0 spiro atoms. The zero-order valence-electron chi connectivity index (χ0n) is 33.9. The first-order chi connectivity index (χ1) is 29.4. The summed E-state index contributed by atoms with van der Waals surface area (Å²) in [6.07, 6.45) is -17.4. The monoisotopic (exact) mass is 900 g/mol. The molecule has 0 N–H and O–H groups in total. The Hall–Kier alpha value is -5.23. The van der Waals surface area contributed by atoms with Crippen molar-refractivity contribution in [1.82, 2.24) is 24.8 Å². The van der Waals surface area contributed by atoms with E-state index < -0.39 is 90.7 Å². The topological polar surface area (TPSA) is 93.2 Å². The van der Waals surface area contributed by atoms with Gasteiger partial charge in [-0.25, -0.2) is 18.6 Å². The molecule has 0 radical (unpaired) electrons. The van der Waals surface area contributed by atoms with Gasteiger partial charge < -0.3 is 24.0 Å². The zero-order chi connectivity index (χ0) is 45.7. The number of alkyl halides is 9. The normalized spacial score (nSPS) is 22.2. The van der Waals surface area contributed by atoms with Gasteiger partial charge in [0, 0.05) is 43.2 Å². The Morgan fingerprint density at radius 3 is 2.29 bits per heavy atom. The molecule has 338 valence electrons. The quantitative estimate of drug-likeness (QED) is 0.139. The van der Waals surface area contributed by atoms with E-state index in [-0.39, 0.29) is 77.9 Å². The zero-order valence-corrected chi connectivity index (χ0v) is 33.9. The molecule has 21 heteroatoms. The Bertz CT molecular complexity index is 2480. The largest absolute Gasteiger partial charge is 0.461 e. The van der Waals surface area contributed by atoms with E-state index in [1.165, 1.54) is 28.0 Å². The number of nitrogens with zero attached hydrogens (tertiary/aromatic N) is 6. The molecule has 8 rings (SSSR count). The Morgan fingerprint density at radius 2 is 1.62 bits per heavy atom. The summed E-state index contributed by atoms with van der Waals surface area (Å²) >= 11 is 0. The summed E-state index contributed by atoms with van der Waals surface area (Å²) in [5.41, 5.74) is -8.85. The number of carbonyl (C=O) groups is 1. The Kier molecular flexibility index (Phi) is 10.7. The van der Waals surface area contributed by atoms with Crippen LogP contribution in [0.25, 0.3) is 32.9 Å². The van der Waals surface area contributed by atoms with Crippen LogP contribution in [0.1, 0.15) is 57.7 Å². The van der Waals surface area contributed by atoms with Crippen LogP contribution >= 0.6 is 0 Å². The Balaban J connectivity index is 1.20. The number of ether oxygens (including phenoxy) is 3. The summed E-state index contributed by atoms with van der Waals surface area (Å²) in [6.45, 7) is 4.49. The van der Waals surface area contributed by atoms with E-state index in [0.29, 0.717) is 23.9 Å². The average Bonchev–Trinajstić information content (AvgIpc) is 3.68. The van der Waals surface area contributed by atoms with E-state index in [0.717, 1.165) is 0 Å². The van der Waals surface area contributed by atoms with Gasteiger partial charge in [0.05, 0.1) is 28.3 Å². The molecule has 2 aromatic carbocycles. The van der Waals surface area contributed by atoms with Crippen molar-refractivity contribution in [2.45, 2.75) is 100 Å². The summed E-state index contributed by atoms with van der Waals surface area (Å²) in [5.74, 6) is 0.774. The molecule has 1 amide bonds. The number of piperazine rings is 1. The number of anilines is 1. The van der Waals surface area contributed by atoms with Gasteiger partial charge in [0.1, 0.15) is 35.1 Å². The van der Waals surface area contributed by atoms with Crippen molar-refractivity contribution >= 4 is 33.6 Å². The Labute approximate surface area is 352 Å². The van der Waals surface area contributed by atoms with Gasteiger partial charge in [-0.15, -0.1) is 6.42 Å². The molecule has 10 nitrogen and oxygen atoms in total. The summed E-state index contributed by atoms with van der Waals surface area (Å²) < 4.78 is 173. The molecule has 4 aliphatic heterocycles. The number of hydrogen-bond donors (Lipinski definition) is 0. The third kappa shape index (κ3) is 7.49. The first-order valence-corrected chi connectivity index (χ1v) is 20.0. The van der Waals surface area contributed by atoms with Gasteiger partial charge in [-0.3, -0.25) is 4.90 Å². The molecule has 2 aromatic heterocycles. The van der Waals surface area contributed by atoms with Gasteiger partial charge in [-0.2, -0.15) is 49.5 Å². The van der Waals surface area contributed by atoms with Crippen molar-refractivity contribution in [3.05, 3.63) is 53.2 Å². The predicted octanol–water partition coefficient (Wildman–Crippen LogP) is 8.90. The van der Waals surface area contributed by atoms with Crippen molar-refractivity contribution in [2.24, 2.45) is 0 Å². The molecule has 2 unspecified atom stereocenters. The van der Waals surface area contributed by atoms with Crippen LogP contribution in [0.3, 0.4) is 0 Å². The van der Waals surface area contributed by atoms with E-state index in [9.17, 15) is 44.3 Å². The van der Waals surface area contributed by atoms with Gasteiger partial charge in [-0.05, 0) is 70.9 Å². The summed E-state index contributed by atoms with van der Waals surface area (Å²) in [7, 11) is 0. The van der Waals surface area contributed by atoms with Crippen LogP contribution in [0.15, 0.2) is 30.3 Å². The van der Waals surface area contributed by atoms with Gasteiger partial charge in [-0.1, -0.05) is 30.2 Å². The number of aryl methyl sites for hydroxylation is 1. The van der Waals surface area contributed by atoms with Crippen LogP contribution in [0.5, 0.6) is 6.01 Å². The van der Waals surface area contributed by atoms with Crippen LogP contribution < -0.4 is 9.64 Å². The standard InChI is InChI=1S/C42H39F11N6O4/c1-5-25-27(43)12-10-22-8-6-9-26(29(22)25)32-31(44)33-30-28(54-32)13-11-23-19-57(36(60)63-37(2,3)4)16-17-59(23)34(30)56-35(55-33)61-21-38-14-7-15-58(38)20-24(18-38)62-39(40(45,46)47,41(48,49)50)42(51,52)53/h1,6,8-10,12,23-24H,7,11,13-21H2,2-4H3/t23-,24?,38?/m1/s1. The summed E-state index contributed by atoms with van der Waals surface area (Å²) in [6, 6.07) is 6.54. The number of carbonyl (C=O) groups excluding carboxylic acids is 1. The van der Waals surface area contributed by atoms with Crippen molar-refractivity contribution in [3.63, 3.8) is 0 Å². The van der Waals surface area contributed by atoms with Gasteiger partial charge in [0.15, 0.2) is 5.82 Å². The van der Waals surface area contributed by atoms with Crippen LogP contribution in [0.4, 0.5) is 58.9 Å². The highest BCUT2D eigenvalue weighted by Crippen LogP contribution is 2.57. The third-order valence-electron chi connectivity index (χ3n) is 12.1. The minimum absolute atomic E-state index is 0.0841. The molecule has 0 bridgehead atoms. The second kappa shape index (κ2) is 15.2. The van der Waals surface area contributed by atoms with Gasteiger partial charge >= 0.3 is 36.2 Å². The fourth-order valence-electron chi connectivity index (χ4n) is 9.38. The molecule has 4 aromatic rings. The van der Waals surface area contributed by atoms with Crippen LogP contribution in [-0.2, 0) is 15.9 Å². The number of aromatic nitrogens is 3. The lowest BCUT2D eigenvalue weighted by molar-refractivity contribution is -0.463. The van der Waals surface area contributed by atoms with Crippen molar-refractivity contribution in [3.8, 4) is 29.6 Å². The lowest BCUT2D eigenvalue weighted by Crippen LogP contribution is -2.68. The second-order valence-electron chi connectivity index (χ2n) is 17.2. The number of fused-ring (bicyclic) bond motifs is 4. The van der Waals surface area contributed by atoms with E-state index >= 15 is 8.78 Å². The summed E-state index contributed by atoms with van der Waals surface area (Å²) in [5, 5.41) is 0.878. The molecule has 0 aliphatic carbocycles. The number of benzene rings is 2.